The molecule has 0 radical (unpaired) electrons. The summed E-state index contributed by atoms with van der Waals surface area (Å²) in [5.74, 6) is -0.859. The largest absolute Gasteiger partial charge is 0.481 e. The van der Waals surface area contributed by atoms with Crippen molar-refractivity contribution in [1.29, 1.82) is 0 Å². The van der Waals surface area contributed by atoms with Crippen LogP contribution in [0, 0.1) is 6.92 Å². The zero-order chi connectivity index (χ0) is 13.0. The van der Waals surface area contributed by atoms with Crippen LogP contribution in [0.15, 0.2) is 9.72 Å². The van der Waals surface area contributed by atoms with E-state index in [1.165, 1.54) is 23.1 Å². The van der Waals surface area contributed by atoms with E-state index in [0.29, 0.717) is 16.0 Å². The number of nitrogens with one attached hydrogen (secondary N) is 1. The molecule has 0 unspecified atom stereocenters. The lowest BCUT2D eigenvalue weighted by molar-refractivity contribution is -0.133. The van der Waals surface area contributed by atoms with Crippen molar-refractivity contribution >= 4 is 45.5 Å². The highest BCUT2D eigenvalue weighted by Crippen LogP contribution is 2.25. The van der Waals surface area contributed by atoms with E-state index < -0.39 is 5.97 Å². The van der Waals surface area contributed by atoms with E-state index in [1.807, 2.05) is 12.3 Å². The highest BCUT2D eigenvalue weighted by atomic mass is 32.2. The van der Waals surface area contributed by atoms with Gasteiger partial charge in [0.15, 0.2) is 4.34 Å². The Hall–Kier alpha value is -1.19. The number of thiazole rings is 1. The molecule has 6 nitrogen and oxygen atoms in total. The van der Waals surface area contributed by atoms with Gasteiger partial charge in [0, 0.05) is 5.38 Å². The van der Waals surface area contributed by atoms with Gasteiger partial charge in [-0.25, -0.2) is 4.98 Å². The predicted molar refractivity (Wildman–Crippen MR) is 72.4 cm³/mol. The van der Waals surface area contributed by atoms with E-state index >= 15 is 0 Å². The Labute approximate surface area is 115 Å². The van der Waals surface area contributed by atoms with E-state index in [2.05, 4.69) is 20.5 Å². The van der Waals surface area contributed by atoms with Gasteiger partial charge in [-0.2, -0.15) is 0 Å². The summed E-state index contributed by atoms with van der Waals surface area (Å²) < 4.78 is 0.648. The number of aryl methyl sites for hydroxylation is 1. The summed E-state index contributed by atoms with van der Waals surface area (Å²) in [6.07, 6.45) is 0. The third-order valence-corrected chi connectivity index (χ3v) is 4.63. The fraction of sp³-hybridized carbons (Fsp3) is 0.333. The second-order valence-electron chi connectivity index (χ2n) is 3.27. The van der Waals surface area contributed by atoms with Crippen molar-refractivity contribution in [3.63, 3.8) is 0 Å². The average molecular weight is 302 g/mol. The van der Waals surface area contributed by atoms with Gasteiger partial charge in [0.05, 0.1) is 23.0 Å². The van der Waals surface area contributed by atoms with Crippen LogP contribution < -0.4 is 5.32 Å². The molecule has 0 aliphatic rings. The third-order valence-electron chi connectivity index (χ3n) is 1.81. The minimum atomic E-state index is -0.859. The van der Waals surface area contributed by atoms with E-state index in [4.69, 9.17) is 5.11 Å². The fourth-order valence-electron chi connectivity index (χ4n) is 1.12. The van der Waals surface area contributed by atoms with Gasteiger partial charge in [-0.15, -0.1) is 21.5 Å². The van der Waals surface area contributed by atoms with Crippen molar-refractivity contribution in [2.24, 2.45) is 0 Å². The first-order chi connectivity index (χ1) is 8.63. The van der Waals surface area contributed by atoms with Gasteiger partial charge in [0.2, 0.25) is 5.13 Å². The number of hydrogen-bond acceptors (Lipinski definition) is 8. The molecule has 0 saturated carbocycles. The average Bonchev–Trinajstić information content (AvgIpc) is 2.93. The van der Waals surface area contributed by atoms with Crippen LogP contribution in [0.3, 0.4) is 0 Å². The van der Waals surface area contributed by atoms with Crippen LogP contribution in [0.5, 0.6) is 0 Å². The molecule has 0 atom stereocenters. The molecule has 0 saturated heterocycles. The Kier molecular flexibility index (Phi) is 4.50. The topological polar surface area (TPSA) is 88.0 Å². The summed E-state index contributed by atoms with van der Waals surface area (Å²) in [5.41, 5.74) is 0.965. The molecule has 0 fully saturated rings. The van der Waals surface area contributed by atoms with Gasteiger partial charge in [-0.1, -0.05) is 23.1 Å². The Morgan fingerprint density at radius 1 is 1.56 bits per heavy atom. The molecule has 2 heterocycles. The molecular formula is C9H10N4O2S3. The van der Waals surface area contributed by atoms with Crippen molar-refractivity contribution in [2.45, 2.75) is 17.8 Å². The number of carboxylic acid groups (broad SMARTS) is 1. The summed E-state index contributed by atoms with van der Waals surface area (Å²) in [7, 11) is 0. The molecule has 96 valence electrons. The molecule has 2 aromatic rings. The van der Waals surface area contributed by atoms with Gasteiger partial charge in [-0.3, -0.25) is 4.79 Å². The van der Waals surface area contributed by atoms with Crippen LogP contribution in [0.2, 0.25) is 0 Å². The molecule has 2 N–H and O–H groups in total. The summed E-state index contributed by atoms with van der Waals surface area (Å²) in [6, 6.07) is 0. The SMILES string of the molecule is Cc1nc(CNc2nnc(SCC(=O)O)s2)cs1. The van der Waals surface area contributed by atoms with Crippen molar-refractivity contribution in [1.82, 2.24) is 15.2 Å². The molecule has 9 heteroatoms. The second-order valence-corrected chi connectivity index (χ2v) is 6.53. The molecule has 2 rings (SSSR count). The quantitative estimate of drug-likeness (QED) is 0.790. The first-order valence-electron chi connectivity index (χ1n) is 4.96. The number of hydrogen-bond donors (Lipinski definition) is 2. The number of aromatic nitrogens is 3. The standard InChI is InChI=1S/C9H10N4O2S3/c1-5-11-6(3-16-5)2-10-8-12-13-9(18-8)17-4-7(14)15/h3H,2,4H2,1H3,(H,10,12)(H,14,15). The van der Waals surface area contributed by atoms with E-state index in [9.17, 15) is 4.79 Å². The molecule has 0 aliphatic carbocycles. The van der Waals surface area contributed by atoms with E-state index in [0.717, 1.165) is 10.7 Å². The molecule has 0 aromatic carbocycles. The highest BCUT2D eigenvalue weighted by Gasteiger charge is 2.07. The van der Waals surface area contributed by atoms with Crippen LogP contribution >= 0.6 is 34.4 Å². The maximum atomic E-state index is 10.4. The second kappa shape index (κ2) is 6.12. The number of nitrogens with zero attached hydrogens (tertiary/aromatic N) is 3. The summed E-state index contributed by atoms with van der Waals surface area (Å²) >= 11 is 4.11. The fourth-order valence-corrected chi connectivity index (χ4v) is 3.20. The number of carboxylic acids is 1. The summed E-state index contributed by atoms with van der Waals surface area (Å²) in [5, 5.41) is 23.2. The van der Waals surface area contributed by atoms with Crippen molar-refractivity contribution in [3.8, 4) is 0 Å². The molecule has 0 aliphatic heterocycles. The zero-order valence-corrected chi connectivity index (χ0v) is 11.9. The zero-order valence-electron chi connectivity index (χ0n) is 9.41. The number of rotatable bonds is 6. The van der Waals surface area contributed by atoms with Gasteiger partial charge in [0.1, 0.15) is 0 Å². The van der Waals surface area contributed by atoms with E-state index in [1.54, 1.807) is 11.3 Å². The lowest BCUT2D eigenvalue weighted by atomic mass is 10.5. The van der Waals surface area contributed by atoms with Crippen LogP contribution in [0.1, 0.15) is 10.7 Å². The molecule has 0 bridgehead atoms. The Balaban J connectivity index is 1.84. The van der Waals surface area contributed by atoms with Crippen molar-refractivity contribution in [3.05, 3.63) is 16.1 Å². The first-order valence-corrected chi connectivity index (χ1v) is 7.64. The van der Waals surface area contributed by atoms with Gasteiger partial charge >= 0.3 is 5.97 Å². The minimum absolute atomic E-state index is 0.0000852. The summed E-state index contributed by atoms with van der Waals surface area (Å²) in [6.45, 7) is 2.56. The van der Waals surface area contributed by atoms with Gasteiger partial charge < -0.3 is 10.4 Å². The summed E-state index contributed by atoms with van der Waals surface area (Å²) in [4.78, 5) is 14.7. The predicted octanol–water partition coefficient (Wildman–Crippen LogP) is 2.09. The number of aliphatic carboxylic acids is 1. The Morgan fingerprint density at radius 3 is 3.06 bits per heavy atom. The first kappa shape index (κ1) is 13.2. The van der Waals surface area contributed by atoms with Crippen LogP contribution in [0.4, 0.5) is 5.13 Å². The van der Waals surface area contributed by atoms with Gasteiger partial charge in [-0.05, 0) is 6.92 Å². The monoisotopic (exact) mass is 302 g/mol. The smallest absolute Gasteiger partial charge is 0.313 e. The van der Waals surface area contributed by atoms with Crippen molar-refractivity contribution < 1.29 is 9.90 Å². The number of carbonyl (C=O) groups is 1. The minimum Gasteiger partial charge on any atom is -0.481 e. The Morgan fingerprint density at radius 2 is 2.39 bits per heavy atom. The normalized spacial score (nSPS) is 10.5. The maximum absolute atomic E-state index is 10.4. The third kappa shape index (κ3) is 3.93. The van der Waals surface area contributed by atoms with Crippen LogP contribution in [0.25, 0.3) is 0 Å². The molecule has 0 spiro atoms. The van der Waals surface area contributed by atoms with Crippen molar-refractivity contribution in [2.75, 3.05) is 11.1 Å². The highest BCUT2D eigenvalue weighted by molar-refractivity contribution is 8.01. The maximum Gasteiger partial charge on any atom is 0.313 e. The van der Waals surface area contributed by atoms with Crippen LogP contribution in [-0.2, 0) is 11.3 Å². The molecule has 2 aromatic heterocycles. The van der Waals surface area contributed by atoms with Gasteiger partial charge in [0.25, 0.3) is 0 Å². The number of anilines is 1. The lowest BCUT2D eigenvalue weighted by Crippen LogP contribution is -1.99. The van der Waals surface area contributed by atoms with Crippen LogP contribution in [-0.4, -0.2) is 32.0 Å². The lowest BCUT2D eigenvalue weighted by Gasteiger charge is -1.96. The molecule has 0 amide bonds. The van der Waals surface area contributed by atoms with E-state index in [-0.39, 0.29) is 5.75 Å². The molecular weight excluding hydrogens is 292 g/mol. The molecule has 18 heavy (non-hydrogen) atoms. The number of thioether (sulfide) groups is 1. The Bertz CT molecular complexity index is 539.